The first kappa shape index (κ1) is 29.7. The second-order valence-electron chi connectivity index (χ2n) is 9.86. The van der Waals surface area contributed by atoms with Crippen molar-refractivity contribution >= 4 is 69.4 Å². The van der Waals surface area contributed by atoms with Gasteiger partial charge < -0.3 is 20.9 Å². The summed E-state index contributed by atoms with van der Waals surface area (Å²) < 4.78 is 0. The van der Waals surface area contributed by atoms with Crippen LogP contribution in [0.5, 0.6) is 0 Å². The number of aryl methyl sites for hydroxylation is 1. The van der Waals surface area contributed by atoms with Crippen LogP contribution < -0.4 is 16.0 Å². The van der Waals surface area contributed by atoms with Gasteiger partial charge in [-0.3, -0.25) is 14.4 Å². The number of nitrogens with one attached hydrogen (secondary N) is 4. The smallest absolute Gasteiger partial charge is 0.272 e. The summed E-state index contributed by atoms with van der Waals surface area (Å²) in [5, 5.41) is 9.64. The fraction of sp³-hybridized carbons (Fsp3) is 0.0882. The Morgan fingerprint density at radius 1 is 0.884 bits per heavy atom. The average molecular weight is 609 g/mol. The summed E-state index contributed by atoms with van der Waals surface area (Å²) >= 11 is 7.45. The van der Waals surface area contributed by atoms with Crippen LogP contribution in [0.25, 0.3) is 17.0 Å². The number of H-pyrrole nitrogens is 1. The fourth-order valence-corrected chi connectivity index (χ4v) is 5.48. The average Bonchev–Trinajstić information content (AvgIpc) is 3.42. The molecular weight excluding hydrogens is 580 g/mol. The zero-order chi connectivity index (χ0) is 30.3. The minimum absolute atomic E-state index is 0.0845. The summed E-state index contributed by atoms with van der Waals surface area (Å²) in [5.41, 5.74) is 4.28. The molecule has 43 heavy (non-hydrogen) atoms. The number of amides is 3. The summed E-state index contributed by atoms with van der Waals surface area (Å²) in [6.07, 6.45) is 3.44. The van der Waals surface area contributed by atoms with E-state index in [1.165, 1.54) is 11.8 Å². The van der Waals surface area contributed by atoms with Crippen LogP contribution in [0.3, 0.4) is 0 Å². The highest BCUT2D eigenvalue weighted by Crippen LogP contribution is 2.28. The number of fused-ring (bicyclic) bond motifs is 1. The monoisotopic (exact) mass is 608 g/mol. The molecule has 1 atom stereocenters. The summed E-state index contributed by atoms with van der Waals surface area (Å²) in [6, 6.07) is 29.0. The van der Waals surface area contributed by atoms with E-state index in [0.29, 0.717) is 22.0 Å². The van der Waals surface area contributed by atoms with Crippen molar-refractivity contribution in [3.05, 3.63) is 131 Å². The summed E-state index contributed by atoms with van der Waals surface area (Å²) in [6.45, 7) is 3.71. The Morgan fingerprint density at radius 3 is 2.47 bits per heavy atom. The molecule has 0 bridgehead atoms. The highest BCUT2D eigenvalue weighted by atomic mass is 35.5. The van der Waals surface area contributed by atoms with E-state index >= 15 is 0 Å². The maximum atomic E-state index is 13.6. The van der Waals surface area contributed by atoms with Crippen molar-refractivity contribution in [1.29, 1.82) is 0 Å². The van der Waals surface area contributed by atoms with E-state index in [2.05, 4.69) is 20.9 Å². The first-order valence-electron chi connectivity index (χ1n) is 13.6. The molecule has 1 heterocycles. The Bertz CT molecular complexity index is 1830. The quantitative estimate of drug-likeness (QED) is 0.102. The molecule has 0 fully saturated rings. The highest BCUT2D eigenvalue weighted by molar-refractivity contribution is 8.00. The van der Waals surface area contributed by atoms with Crippen molar-refractivity contribution < 1.29 is 14.4 Å². The summed E-state index contributed by atoms with van der Waals surface area (Å²) in [5.74, 6) is -1.06. The number of aromatic nitrogens is 1. The number of para-hydroxylation sites is 1. The molecule has 0 aliphatic rings. The van der Waals surface area contributed by atoms with Gasteiger partial charge in [0.25, 0.3) is 11.8 Å². The number of carbonyl (C=O) groups excluding carboxylic acids is 3. The van der Waals surface area contributed by atoms with E-state index in [0.717, 1.165) is 26.9 Å². The van der Waals surface area contributed by atoms with E-state index in [1.807, 2.05) is 56.3 Å². The second kappa shape index (κ2) is 13.5. The van der Waals surface area contributed by atoms with Crippen LogP contribution in [0.2, 0.25) is 5.02 Å². The van der Waals surface area contributed by atoms with Crippen LogP contribution in [0.1, 0.15) is 28.4 Å². The number of benzene rings is 4. The predicted octanol–water partition coefficient (Wildman–Crippen LogP) is 7.66. The zero-order valence-electron chi connectivity index (χ0n) is 23.5. The molecule has 0 aliphatic heterocycles. The molecule has 216 valence electrons. The SMILES string of the molecule is Cc1ccc(Cl)cc1NC(=O)C(C)Sc1cccc(NC(=O)/C(=C/c2c[nH]c3ccccc23)NC(=O)c2ccccc2)c1. The summed E-state index contributed by atoms with van der Waals surface area (Å²) in [4.78, 5) is 43.5. The molecule has 3 amide bonds. The number of halogens is 1. The molecule has 7 nitrogen and oxygen atoms in total. The van der Waals surface area contributed by atoms with Gasteiger partial charge in [-0.1, -0.05) is 60.1 Å². The van der Waals surface area contributed by atoms with E-state index in [-0.39, 0.29) is 11.6 Å². The number of rotatable bonds is 9. The number of hydrogen-bond acceptors (Lipinski definition) is 4. The third-order valence-corrected chi connectivity index (χ3v) is 8.01. The first-order valence-corrected chi connectivity index (χ1v) is 14.8. The Hall–Kier alpha value is -4.79. The van der Waals surface area contributed by atoms with Crippen LogP contribution in [-0.2, 0) is 9.59 Å². The number of aromatic amines is 1. The zero-order valence-corrected chi connectivity index (χ0v) is 25.1. The molecular formula is C34H29ClN4O3S. The van der Waals surface area contributed by atoms with Gasteiger partial charge in [0.15, 0.2) is 0 Å². The third kappa shape index (κ3) is 7.54. The fourth-order valence-electron chi connectivity index (χ4n) is 4.38. The van der Waals surface area contributed by atoms with Crippen molar-refractivity contribution in [2.24, 2.45) is 0 Å². The molecule has 0 radical (unpaired) electrons. The van der Waals surface area contributed by atoms with Gasteiger partial charge in [0.1, 0.15) is 5.70 Å². The molecule has 1 unspecified atom stereocenters. The standard InChI is InChI=1S/C34H29ClN4O3S/c1-21-15-16-25(35)18-30(21)38-32(40)22(2)43-27-12-8-11-26(19-27)37-34(42)31(39-33(41)23-9-4-3-5-10-23)17-24-20-36-29-14-7-6-13-28(24)29/h3-20,22,36H,1-2H3,(H,37,42)(H,38,40)(H,39,41)/b31-17-. The van der Waals surface area contributed by atoms with E-state index in [1.54, 1.807) is 66.9 Å². The maximum absolute atomic E-state index is 13.6. The minimum atomic E-state index is -0.487. The lowest BCUT2D eigenvalue weighted by atomic mass is 10.1. The van der Waals surface area contributed by atoms with Crippen LogP contribution in [0, 0.1) is 6.92 Å². The predicted molar refractivity (Wildman–Crippen MR) is 175 cm³/mol. The number of hydrogen-bond donors (Lipinski definition) is 4. The van der Waals surface area contributed by atoms with Gasteiger partial charge in [0.2, 0.25) is 5.91 Å². The molecule has 0 saturated heterocycles. The Kier molecular flexibility index (Phi) is 9.29. The van der Waals surface area contributed by atoms with Gasteiger partial charge in [0.05, 0.1) is 5.25 Å². The van der Waals surface area contributed by atoms with Gasteiger partial charge in [-0.2, -0.15) is 0 Å². The second-order valence-corrected chi connectivity index (χ2v) is 11.7. The van der Waals surface area contributed by atoms with Crippen molar-refractivity contribution in [1.82, 2.24) is 10.3 Å². The molecule has 0 aliphatic carbocycles. The van der Waals surface area contributed by atoms with Crippen molar-refractivity contribution in [2.75, 3.05) is 10.6 Å². The molecule has 0 saturated carbocycles. The molecule has 4 aromatic carbocycles. The van der Waals surface area contributed by atoms with Crippen molar-refractivity contribution in [3.63, 3.8) is 0 Å². The van der Waals surface area contributed by atoms with Crippen molar-refractivity contribution in [2.45, 2.75) is 24.0 Å². The lowest BCUT2D eigenvalue weighted by Gasteiger charge is -2.15. The van der Waals surface area contributed by atoms with Gasteiger partial charge in [-0.25, -0.2) is 0 Å². The maximum Gasteiger partial charge on any atom is 0.272 e. The Labute approximate surface area is 258 Å². The highest BCUT2D eigenvalue weighted by Gasteiger charge is 2.18. The van der Waals surface area contributed by atoms with Gasteiger partial charge in [-0.15, -0.1) is 11.8 Å². The lowest BCUT2D eigenvalue weighted by Crippen LogP contribution is -2.30. The molecule has 4 N–H and O–H groups in total. The number of thioether (sulfide) groups is 1. The largest absolute Gasteiger partial charge is 0.361 e. The van der Waals surface area contributed by atoms with E-state index in [9.17, 15) is 14.4 Å². The Balaban J connectivity index is 1.33. The Morgan fingerprint density at radius 2 is 1.65 bits per heavy atom. The molecule has 1 aromatic heterocycles. The van der Waals surface area contributed by atoms with Crippen LogP contribution in [0.4, 0.5) is 11.4 Å². The molecule has 5 rings (SSSR count). The van der Waals surface area contributed by atoms with E-state index in [4.69, 9.17) is 11.6 Å². The van der Waals surface area contributed by atoms with Crippen LogP contribution >= 0.6 is 23.4 Å². The topological polar surface area (TPSA) is 103 Å². The van der Waals surface area contributed by atoms with Crippen LogP contribution in [-0.4, -0.2) is 28.0 Å². The van der Waals surface area contributed by atoms with Crippen molar-refractivity contribution in [3.8, 4) is 0 Å². The molecule has 9 heteroatoms. The van der Waals surface area contributed by atoms with Gasteiger partial charge in [0, 0.05) is 49.5 Å². The van der Waals surface area contributed by atoms with Gasteiger partial charge >= 0.3 is 0 Å². The number of anilines is 2. The summed E-state index contributed by atoms with van der Waals surface area (Å²) in [7, 11) is 0. The van der Waals surface area contributed by atoms with Crippen LogP contribution in [0.15, 0.2) is 114 Å². The minimum Gasteiger partial charge on any atom is -0.361 e. The number of carbonyl (C=O) groups is 3. The first-order chi connectivity index (χ1) is 20.8. The third-order valence-electron chi connectivity index (χ3n) is 6.68. The normalized spacial score (nSPS) is 12.0. The van der Waals surface area contributed by atoms with Gasteiger partial charge in [-0.05, 0) is 74.0 Å². The molecule has 0 spiro atoms. The lowest BCUT2D eigenvalue weighted by molar-refractivity contribution is -0.115. The van der Waals surface area contributed by atoms with E-state index < -0.39 is 17.1 Å². The molecule has 5 aromatic rings.